The minimum absolute atomic E-state index is 0. The first kappa shape index (κ1) is 20.6. The highest BCUT2D eigenvalue weighted by Crippen LogP contribution is 2.16. The van der Waals surface area contributed by atoms with Crippen molar-refractivity contribution < 1.29 is 0 Å². The standard InChI is InChI=1S/C15H28N4S.HI/c1-4-5-6-7-8-9-10-17-15(16)18-11-14-19-12(2)13(3)20-14;/h4-11H2,1-3H3,(H3,16,17,18);1H. The fourth-order valence-corrected chi connectivity index (χ4v) is 2.80. The van der Waals surface area contributed by atoms with E-state index in [0.29, 0.717) is 12.5 Å². The van der Waals surface area contributed by atoms with Gasteiger partial charge in [0.2, 0.25) is 0 Å². The molecule has 0 unspecified atom stereocenters. The summed E-state index contributed by atoms with van der Waals surface area (Å²) in [5.41, 5.74) is 6.94. The zero-order valence-electron chi connectivity index (χ0n) is 13.4. The lowest BCUT2D eigenvalue weighted by molar-refractivity contribution is 0.601. The van der Waals surface area contributed by atoms with Gasteiger partial charge in [-0.1, -0.05) is 39.0 Å². The molecule has 6 heteroatoms. The summed E-state index contributed by atoms with van der Waals surface area (Å²) < 4.78 is 0. The third-order valence-corrected chi connectivity index (χ3v) is 4.35. The zero-order chi connectivity index (χ0) is 14.8. The molecule has 1 heterocycles. The fraction of sp³-hybridized carbons (Fsp3) is 0.733. The summed E-state index contributed by atoms with van der Waals surface area (Å²) in [6.45, 7) is 7.84. The van der Waals surface area contributed by atoms with E-state index in [4.69, 9.17) is 5.73 Å². The summed E-state index contributed by atoms with van der Waals surface area (Å²) >= 11 is 1.69. The molecule has 0 aromatic carbocycles. The molecule has 122 valence electrons. The van der Waals surface area contributed by atoms with Gasteiger partial charge in [0.1, 0.15) is 5.01 Å². The maximum Gasteiger partial charge on any atom is 0.189 e. The van der Waals surface area contributed by atoms with E-state index in [-0.39, 0.29) is 24.0 Å². The number of halogens is 1. The molecule has 0 aliphatic carbocycles. The van der Waals surface area contributed by atoms with Crippen molar-refractivity contribution in [1.29, 1.82) is 0 Å². The van der Waals surface area contributed by atoms with E-state index < -0.39 is 0 Å². The number of thiazole rings is 1. The molecule has 0 aliphatic rings. The zero-order valence-corrected chi connectivity index (χ0v) is 16.6. The molecule has 0 saturated carbocycles. The van der Waals surface area contributed by atoms with Crippen molar-refractivity contribution in [3.63, 3.8) is 0 Å². The predicted octanol–water partition coefficient (Wildman–Crippen LogP) is 4.14. The molecule has 21 heavy (non-hydrogen) atoms. The monoisotopic (exact) mass is 424 g/mol. The van der Waals surface area contributed by atoms with E-state index >= 15 is 0 Å². The molecule has 0 aliphatic heterocycles. The smallest absolute Gasteiger partial charge is 0.189 e. The van der Waals surface area contributed by atoms with Gasteiger partial charge in [0, 0.05) is 11.4 Å². The molecule has 1 aromatic heterocycles. The second-order valence-electron chi connectivity index (χ2n) is 5.15. The van der Waals surface area contributed by atoms with Crippen LogP contribution >= 0.6 is 35.3 Å². The second kappa shape index (κ2) is 12.2. The van der Waals surface area contributed by atoms with E-state index in [2.05, 4.69) is 29.1 Å². The number of hydrogen-bond donors (Lipinski definition) is 2. The van der Waals surface area contributed by atoms with E-state index in [1.54, 1.807) is 11.3 Å². The number of aromatic nitrogens is 1. The lowest BCUT2D eigenvalue weighted by Gasteiger charge is -2.05. The van der Waals surface area contributed by atoms with Crippen LogP contribution in [0.4, 0.5) is 0 Å². The first-order valence-electron chi connectivity index (χ1n) is 7.60. The van der Waals surface area contributed by atoms with E-state index in [9.17, 15) is 0 Å². The summed E-state index contributed by atoms with van der Waals surface area (Å²) in [5, 5.41) is 4.20. The summed E-state index contributed by atoms with van der Waals surface area (Å²) in [6.07, 6.45) is 7.75. The number of nitrogens with one attached hydrogen (secondary N) is 1. The molecule has 0 fully saturated rings. The maximum absolute atomic E-state index is 5.84. The van der Waals surface area contributed by atoms with Crippen LogP contribution in [0.25, 0.3) is 0 Å². The molecule has 3 N–H and O–H groups in total. The van der Waals surface area contributed by atoms with Crippen molar-refractivity contribution in [2.75, 3.05) is 6.54 Å². The van der Waals surface area contributed by atoms with Gasteiger partial charge in [-0.2, -0.15) is 0 Å². The highest BCUT2D eigenvalue weighted by molar-refractivity contribution is 14.0. The van der Waals surface area contributed by atoms with Gasteiger partial charge in [0.15, 0.2) is 5.96 Å². The number of unbranched alkanes of at least 4 members (excludes halogenated alkanes) is 5. The molecule has 1 rings (SSSR count). The van der Waals surface area contributed by atoms with Crippen LogP contribution in [-0.4, -0.2) is 17.5 Å². The number of rotatable bonds is 9. The van der Waals surface area contributed by atoms with E-state index in [1.807, 2.05) is 6.92 Å². The van der Waals surface area contributed by atoms with Crippen LogP contribution in [0, 0.1) is 13.8 Å². The highest BCUT2D eigenvalue weighted by Gasteiger charge is 2.02. The number of nitrogens with zero attached hydrogens (tertiary/aromatic N) is 2. The van der Waals surface area contributed by atoms with E-state index in [0.717, 1.165) is 23.7 Å². The van der Waals surface area contributed by atoms with Gasteiger partial charge in [-0.25, -0.2) is 9.98 Å². The number of guanidine groups is 1. The van der Waals surface area contributed by atoms with Crippen molar-refractivity contribution in [1.82, 2.24) is 10.3 Å². The third-order valence-electron chi connectivity index (χ3n) is 3.29. The summed E-state index contributed by atoms with van der Waals surface area (Å²) in [4.78, 5) is 10.0. The Morgan fingerprint density at radius 1 is 1.19 bits per heavy atom. The Labute approximate surface area is 150 Å². The Balaban J connectivity index is 0.00000400. The lowest BCUT2D eigenvalue weighted by atomic mass is 10.1. The van der Waals surface area contributed by atoms with Crippen molar-refractivity contribution in [3.8, 4) is 0 Å². The SMILES string of the molecule is CCCCCCCCNC(N)=NCc1nc(C)c(C)s1.I. The molecule has 0 radical (unpaired) electrons. The van der Waals surface area contributed by atoms with Crippen LogP contribution in [0.1, 0.15) is 61.0 Å². The molecule has 0 atom stereocenters. The minimum atomic E-state index is 0. The normalized spacial score (nSPS) is 11.3. The summed E-state index contributed by atoms with van der Waals surface area (Å²) in [5.74, 6) is 0.532. The van der Waals surface area contributed by atoms with Crippen LogP contribution in [0.3, 0.4) is 0 Å². The average Bonchev–Trinajstić information content (AvgIpc) is 2.74. The first-order valence-corrected chi connectivity index (χ1v) is 8.41. The van der Waals surface area contributed by atoms with Gasteiger partial charge >= 0.3 is 0 Å². The number of hydrogen-bond acceptors (Lipinski definition) is 3. The molecule has 0 saturated heterocycles. The van der Waals surface area contributed by atoms with Crippen LogP contribution in [-0.2, 0) is 6.54 Å². The number of nitrogens with two attached hydrogens (primary N) is 1. The molecule has 0 bridgehead atoms. The third kappa shape index (κ3) is 9.29. The Kier molecular flexibility index (Phi) is 12.0. The van der Waals surface area contributed by atoms with Crippen molar-refractivity contribution >= 4 is 41.3 Å². The van der Waals surface area contributed by atoms with Crippen molar-refractivity contribution in [2.45, 2.75) is 65.8 Å². The van der Waals surface area contributed by atoms with Gasteiger partial charge in [0.25, 0.3) is 0 Å². The molecule has 0 spiro atoms. The minimum Gasteiger partial charge on any atom is -0.370 e. The van der Waals surface area contributed by atoms with Crippen molar-refractivity contribution in [3.05, 3.63) is 15.6 Å². The summed E-state index contributed by atoms with van der Waals surface area (Å²) in [7, 11) is 0. The second-order valence-corrected chi connectivity index (χ2v) is 6.43. The van der Waals surface area contributed by atoms with Crippen LogP contribution < -0.4 is 11.1 Å². The van der Waals surface area contributed by atoms with Gasteiger partial charge in [-0.15, -0.1) is 35.3 Å². The molecular formula is C15H29IN4S. The van der Waals surface area contributed by atoms with Crippen molar-refractivity contribution in [2.24, 2.45) is 10.7 Å². The Hall–Kier alpha value is -0.370. The summed E-state index contributed by atoms with van der Waals surface area (Å²) in [6, 6.07) is 0. The topological polar surface area (TPSA) is 63.3 Å². The van der Waals surface area contributed by atoms with Gasteiger partial charge in [-0.3, -0.25) is 0 Å². The Morgan fingerprint density at radius 3 is 2.48 bits per heavy atom. The molecule has 1 aromatic rings. The number of aryl methyl sites for hydroxylation is 2. The van der Waals surface area contributed by atoms with Crippen LogP contribution in [0.2, 0.25) is 0 Å². The van der Waals surface area contributed by atoms with Crippen LogP contribution in [0.15, 0.2) is 4.99 Å². The highest BCUT2D eigenvalue weighted by atomic mass is 127. The van der Waals surface area contributed by atoms with Crippen LogP contribution in [0.5, 0.6) is 0 Å². The van der Waals surface area contributed by atoms with Gasteiger partial charge in [0.05, 0.1) is 12.2 Å². The number of aliphatic imine (C=N–C) groups is 1. The molecule has 0 amide bonds. The maximum atomic E-state index is 5.84. The van der Waals surface area contributed by atoms with E-state index in [1.165, 1.54) is 37.0 Å². The molecular weight excluding hydrogens is 395 g/mol. The predicted molar refractivity (Wildman–Crippen MR) is 104 cm³/mol. The molecule has 4 nitrogen and oxygen atoms in total. The quantitative estimate of drug-likeness (QED) is 0.271. The largest absolute Gasteiger partial charge is 0.370 e. The average molecular weight is 424 g/mol. The van der Waals surface area contributed by atoms with Gasteiger partial charge < -0.3 is 11.1 Å². The lowest BCUT2D eigenvalue weighted by Crippen LogP contribution is -2.32. The Morgan fingerprint density at radius 2 is 1.86 bits per heavy atom. The van der Waals surface area contributed by atoms with Gasteiger partial charge in [-0.05, 0) is 20.3 Å². The Bertz CT molecular complexity index is 398. The fourth-order valence-electron chi connectivity index (χ4n) is 1.94. The first-order chi connectivity index (χ1) is 9.63.